The molecule has 4 saturated carbocycles. The van der Waals surface area contributed by atoms with Crippen molar-refractivity contribution in [2.24, 2.45) is 57.8 Å². The van der Waals surface area contributed by atoms with Gasteiger partial charge in [0.2, 0.25) is 0 Å². The lowest BCUT2D eigenvalue weighted by Crippen LogP contribution is -2.67. The number of halogens is 1. The number of hydrogen-bond acceptors (Lipinski definition) is 6. The van der Waals surface area contributed by atoms with Crippen LogP contribution in [0.15, 0.2) is 23.5 Å². The van der Waals surface area contributed by atoms with Crippen LogP contribution in [0.5, 0.6) is 0 Å². The highest BCUT2D eigenvalue weighted by Crippen LogP contribution is 2.76. The Kier molecular flexibility index (Phi) is 9.62. The lowest BCUT2D eigenvalue weighted by Gasteiger charge is -2.72. The highest BCUT2D eigenvalue weighted by molar-refractivity contribution is 6.03. The van der Waals surface area contributed by atoms with Gasteiger partial charge in [-0.15, -0.1) is 12.4 Å². The number of carboxylic acid groups (broad SMARTS) is 1. The number of fused-ring (bicyclic) bond motifs is 7. The van der Waals surface area contributed by atoms with Gasteiger partial charge < -0.3 is 15.2 Å². The number of carbonyl (C=O) groups excluding carboxylic acids is 3. The number of aliphatic carboxylic acids is 1. The molecule has 10 heteroatoms. The van der Waals surface area contributed by atoms with Crippen molar-refractivity contribution in [1.82, 2.24) is 15.1 Å². The standard InChI is InChI=1S/C40H59N3O6.ClH/c1-23(2)31-26(44)19-40(42-33(46)24-21-41-43(10)22-24)18-17-38(8)25(32(31)40)11-12-28-37(7)15-14-29(49-30(45)20-35(3,4)34(47)48)36(5,6)27(37)13-16-39(28,38)9;/h21-23,25,27-29H,11-20H2,1-10H3,(H,42,46)(H,47,48);1H/t25-,27+,28-,29+,37+,38-,39-,40-;/m1./s1. The Bertz CT molecular complexity index is 1610. The van der Waals surface area contributed by atoms with E-state index < -0.39 is 22.9 Å². The molecule has 0 radical (unpaired) electrons. The first kappa shape index (κ1) is 38.5. The van der Waals surface area contributed by atoms with Crippen LogP contribution >= 0.6 is 12.4 Å². The number of allylic oxidation sites excluding steroid dienone is 1. The quantitative estimate of drug-likeness (QED) is 0.277. The fourth-order valence-corrected chi connectivity index (χ4v) is 12.4. The number of aryl methyl sites for hydroxylation is 1. The van der Waals surface area contributed by atoms with Gasteiger partial charge in [0.15, 0.2) is 5.78 Å². The van der Waals surface area contributed by atoms with Gasteiger partial charge in [0.1, 0.15) is 6.10 Å². The van der Waals surface area contributed by atoms with Crippen LogP contribution in [0.25, 0.3) is 0 Å². The Morgan fingerprint density at radius 1 is 1.00 bits per heavy atom. The first-order chi connectivity index (χ1) is 22.6. The van der Waals surface area contributed by atoms with E-state index in [1.807, 2.05) is 0 Å². The summed E-state index contributed by atoms with van der Waals surface area (Å²) in [7, 11) is 1.81. The van der Waals surface area contributed by atoms with Gasteiger partial charge >= 0.3 is 11.9 Å². The maximum atomic E-state index is 13.9. The molecule has 278 valence electrons. The van der Waals surface area contributed by atoms with E-state index in [1.165, 1.54) is 5.57 Å². The van der Waals surface area contributed by atoms with Crippen LogP contribution in [0.1, 0.15) is 137 Å². The molecule has 2 N–H and O–H groups in total. The second-order valence-corrected chi connectivity index (χ2v) is 18.8. The van der Waals surface area contributed by atoms with Crippen molar-refractivity contribution >= 4 is 36.0 Å². The Morgan fingerprint density at radius 3 is 2.28 bits per heavy atom. The van der Waals surface area contributed by atoms with Crippen LogP contribution < -0.4 is 5.32 Å². The summed E-state index contributed by atoms with van der Waals surface area (Å²) in [6.07, 6.45) is 10.9. The van der Waals surface area contributed by atoms with Crippen molar-refractivity contribution in [2.45, 2.75) is 138 Å². The molecule has 1 heterocycles. The van der Waals surface area contributed by atoms with E-state index in [9.17, 15) is 24.3 Å². The number of Topliss-reactive ketones (excluding diaryl/α,β-unsaturated/α-hetero) is 1. The Morgan fingerprint density at radius 2 is 1.68 bits per heavy atom. The van der Waals surface area contributed by atoms with E-state index in [0.717, 1.165) is 56.9 Å². The van der Waals surface area contributed by atoms with Gasteiger partial charge in [0, 0.05) is 25.1 Å². The molecule has 4 fully saturated rings. The van der Waals surface area contributed by atoms with Gasteiger partial charge in [-0.1, -0.05) is 48.5 Å². The van der Waals surface area contributed by atoms with Gasteiger partial charge in [-0.2, -0.15) is 5.10 Å². The first-order valence-electron chi connectivity index (χ1n) is 18.6. The van der Waals surface area contributed by atoms with Gasteiger partial charge in [-0.3, -0.25) is 23.9 Å². The van der Waals surface area contributed by atoms with E-state index in [2.05, 4.69) is 58.9 Å². The lowest BCUT2D eigenvalue weighted by atomic mass is 9.33. The van der Waals surface area contributed by atoms with Crippen molar-refractivity contribution in [3.05, 3.63) is 29.1 Å². The maximum absolute atomic E-state index is 13.9. The number of aromatic nitrogens is 2. The Hall–Kier alpha value is -2.68. The molecule has 0 aromatic carbocycles. The summed E-state index contributed by atoms with van der Waals surface area (Å²) in [6, 6.07) is 0. The van der Waals surface area contributed by atoms with E-state index in [-0.39, 0.29) is 70.1 Å². The summed E-state index contributed by atoms with van der Waals surface area (Å²) in [6.45, 7) is 19.4. The zero-order valence-electron chi connectivity index (χ0n) is 31.9. The molecule has 9 nitrogen and oxygen atoms in total. The second kappa shape index (κ2) is 12.5. The molecule has 1 amide bonds. The SMILES string of the molecule is CC(C)C1=C2[C@H]3CC[C@@H]4[C@@]5(C)CC[C@H](OC(=O)CC(C)(C)C(=O)O)C(C)(C)[C@@H]5CC[C@@]4(C)[C@]3(C)CC[C@@]2(NC(=O)c2cnn(C)c2)CC1=O.Cl. The topological polar surface area (TPSA) is 128 Å². The number of hydrogen-bond donors (Lipinski definition) is 2. The maximum Gasteiger partial charge on any atom is 0.309 e. The highest BCUT2D eigenvalue weighted by Gasteiger charge is 2.70. The van der Waals surface area contributed by atoms with Crippen molar-refractivity contribution < 1.29 is 29.0 Å². The normalized spacial score (nSPS) is 37.5. The molecule has 8 atom stereocenters. The van der Waals surface area contributed by atoms with Crippen molar-refractivity contribution in [3.63, 3.8) is 0 Å². The molecule has 0 aliphatic heterocycles. The number of carboxylic acids is 1. The average Bonchev–Trinajstić information content (AvgIpc) is 3.55. The van der Waals surface area contributed by atoms with Gasteiger partial charge in [-0.05, 0) is 116 Å². The summed E-state index contributed by atoms with van der Waals surface area (Å²) in [5.74, 6) is -0.272. The molecule has 5 aliphatic rings. The lowest BCUT2D eigenvalue weighted by molar-refractivity contribution is -0.232. The molecular weight excluding hydrogens is 654 g/mol. The van der Waals surface area contributed by atoms with Crippen LogP contribution in [0.4, 0.5) is 0 Å². The fourth-order valence-electron chi connectivity index (χ4n) is 12.4. The van der Waals surface area contributed by atoms with Crippen LogP contribution in [-0.2, 0) is 26.2 Å². The smallest absolute Gasteiger partial charge is 0.309 e. The van der Waals surface area contributed by atoms with Crippen molar-refractivity contribution in [2.75, 3.05) is 0 Å². The largest absolute Gasteiger partial charge is 0.481 e. The van der Waals surface area contributed by atoms with E-state index in [4.69, 9.17) is 4.74 Å². The first-order valence-corrected chi connectivity index (χ1v) is 18.6. The third-order valence-electron chi connectivity index (χ3n) is 15.1. The Labute approximate surface area is 304 Å². The van der Waals surface area contributed by atoms with Crippen LogP contribution in [0.3, 0.4) is 0 Å². The molecule has 6 rings (SSSR count). The second-order valence-electron chi connectivity index (χ2n) is 18.8. The molecular formula is C40H60ClN3O6. The number of nitrogens with zero attached hydrogens (tertiary/aromatic N) is 2. The molecule has 0 bridgehead atoms. The number of rotatable bonds is 7. The van der Waals surface area contributed by atoms with Gasteiger partial charge in [0.25, 0.3) is 5.91 Å². The summed E-state index contributed by atoms with van der Waals surface area (Å²) in [4.78, 5) is 52.3. The minimum atomic E-state index is -1.17. The van der Waals surface area contributed by atoms with Crippen LogP contribution in [0, 0.1) is 50.7 Å². The predicted octanol–water partition coefficient (Wildman–Crippen LogP) is 7.72. The number of esters is 1. The molecule has 5 aliphatic carbocycles. The number of ketones is 1. The van der Waals surface area contributed by atoms with Crippen molar-refractivity contribution in [1.29, 1.82) is 0 Å². The summed E-state index contributed by atoms with van der Waals surface area (Å²) >= 11 is 0. The molecule has 50 heavy (non-hydrogen) atoms. The van der Waals surface area contributed by atoms with Gasteiger partial charge in [-0.25, -0.2) is 0 Å². The number of nitrogens with one attached hydrogen (secondary N) is 1. The zero-order chi connectivity index (χ0) is 36.1. The van der Waals surface area contributed by atoms with E-state index in [1.54, 1.807) is 38.0 Å². The summed E-state index contributed by atoms with van der Waals surface area (Å²) in [5, 5.41) is 17.2. The van der Waals surface area contributed by atoms with E-state index >= 15 is 0 Å². The molecule has 0 saturated heterocycles. The minimum Gasteiger partial charge on any atom is -0.481 e. The predicted molar refractivity (Wildman–Crippen MR) is 194 cm³/mol. The Balaban J connectivity index is 0.00000486. The number of amides is 1. The average molecular weight is 714 g/mol. The molecule has 0 unspecified atom stereocenters. The molecule has 1 aromatic heterocycles. The van der Waals surface area contributed by atoms with Crippen LogP contribution in [-0.4, -0.2) is 50.2 Å². The third-order valence-corrected chi connectivity index (χ3v) is 15.1. The minimum absolute atomic E-state index is 0. The van der Waals surface area contributed by atoms with Gasteiger partial charge in [0.05, 0.1) is 29.1 Å². The molecule has 1 aromatic rings. The summed E-state index contributed by atoms with van der Waals surface area (Å²) in [5.41, 5.74) is 0.650. The summed E-state index contributed by atoms with van der Waals surface area (Å²) < 4.78 is 7.78. The third kappa shape index (κ3) is 5.58. The molecule has 0 spiro atoms. The van der Waals surface area contributed by atoms with Crippen LogP contribution in [0.2, 0.25) is 0 Å². The van der Waals surface area contributed by atoms with E-state index in [0.29, 0.717) is 23.8 Å². The number of carbonyl (C=O) groups is 4. The highest BCUT2D eigenvalue weighted by atomic mass is 35.5. The van der Waals surface area contributed by atoms with Crippen molar-refractivity contribution in [3.8, 4) is 0 Å². The zero-order valence-corrected chi connectivity index (χ0v) is 32.7. The monoisotopic (exact) mass is 713 g/mol. The fraction of sp³-hybridized carbons (Fsp3) is 0.775. The number of ether oxygens (including phenoxy) is 1.